The maximum absolute atomic E-state index is 4.39. The third kappa shape index (κ3) is 3.73. The molecule has 0 saturated carbocycles. The molecular formula is C14H18N4. The van der Waals surface area contributed by atoms with Gasteiger partial charge in [0.25, 0.3) is 0 Å². The molecule has 94 valence electrons. The van der Waals surface area contributed by atoms with Crippen LogP contribution in [0.5, 0.6) is 0 Å². The van der Waals surface area contributed by atoms with Crippen molar-refractivity contribution in [3.8, 4) is 0 Å². The predicted octanol–water partition coefficient (Wildman–Crippen LogP) is 2.91. The van der Waals surface area contributed by atoms with Crippen LogP contribution in [0.25, 0.3) is 0 Å². The first kappa shape index (κ1) is 12.4. The van der Waals surface area contributed by atoms with Gasteiger partial charge in [-0.15, -0.1) is 0 Å². The number of rotatable bonds is 6. The summed E-state index contributed by atoms with van der Waals surface area (Å²) in [7, 11) is 0. The maximum atomic E-state index is 4.39. The zero-order valence-electron chi connectivity index (χ0n) is 10.6. The molecule has 1 aromatic heterocycles. The minimum Gasteiger partial charge on any atom is -0.366 e. The Morgan fingerprint density at radius 3 is 2.67 bits per heavy atom. The van der Waals surface area contributed by atoms with Crippen LogP contribution in [0, 0.1) is 0 Å². The highest BCUT2D eigenvalue weighted by Crippen LogP contribution is 2.08. The van der Waals surface area contributed by atoms with Crippen molar-refractivity contribution in [3.05, 3.63) is 48.2 Å². The maximum Gasteiger partial charge on any atom is 0.224 e. The van der Waals surface area contributed by atoms with Crippen LogP contribution in [0.3, 0.4) is 0 Å². The van der Waals surface area contributed by atoms with E-state index in [9.17, 15) is 0 Å². The molecule has 2 rings (SSSR count). The Morgan fingerprint density at radius 1 is 1.06 bits per heavy atom. The second-order valence-corrected chi connectivity index (χ2v) is 4.03. The molecule has 0 fully saturated rings. The number of hydrogen-bond acceptors (Lipinski definition) is 4. The van der Waals surface area contributed by atoms with E-state index >= 15 is 0 Å². The number of nitrogens with one attached hydrogen (secondary N) is 2. The Kier molecular flexibility index (Phi) is 4.53. The lowest BCUT2D eigenvalue weighted by Gasteiger charge is -2.07. The van der Waals surface area contributed by atoms with Crippen molar-refractivity contribution in [1.82, 2.24) is 9.97 Å². The number of benzene rings is 1. The largest absolute Gasteiger partial charge is 0.366 e. The van der Waals surface area contributed by atoms with Crippen molar-refractivity contribution in [2.24, 2.45) is 0 Å². The van der Waals surface area contributed by atoms with Gasteiger partial charge >= 0.3 is 0 Å². The van der Waals surface area contributed by atoms with Crippen molar-refractivity contribution in [2.75, 3.05) is 17.2 Å². The Balaban J connectivity index is 1.93. The lowest BCUT2D eigenvalue weighted by Crippen LogP contribution is -2.07. The zero-order valence-corrected chi connectivity index (χ0v) is 10.6. The lowest BCUT2D eigenvalue weighted by molar-refractivity contribution is 0.950. The summed E-state index contributed by atoms with van der Waals surface area (Å²) in [6.07, 6.45) is 2.82. The lowest BCUT2D eigenvalue weighted by atomic mass is 10.2. The smallest absolute Gasteiger partial charge is 0.224 e. The molecule has 0 aliphatic carbocycles. The van der Waals surface area contributed by atoms with Crippen LogP contribution in [0.4, 0.5) is 11.8 Å². The standard InChI is InChI=1S/C14H18N4/c1-2-9-15-14-16-10-8-13(18-14)17-11-12-6-4-3-5-7-12/h3-8,10H,2,9,11H2,1H3,(H2,15,16,17,18). The fourth-order valence-corrected chi connectivity index (χ4v) is 1.57. The van der Waals surface area contributed by atoms with Gasteiger partial charge in [-0.1, -0.05) is 37.3 Å². The first-order chi connectivity index (χ1) is 8.88. The van der Waals surface area contributed by atoms with E-state index in [2.05, 4.69) is 39.7 Å². The van der Waals surface area contributed by atoms with Crippen LogP contribution >= 0.6 is 0 Å². The van der Waals surface area contributed by atoms with Gasteiger partial charge in [-0.25, -0.2) is 4.98 Å². The number of aromatic nitrogens is 2. The van der Waals surface area contributed by atoms with E-state index in [0.717, 1.165) is 25.3 Å². The first-order valence-corrected chi connectivity index (χ1v) is 6.23. The van der Waals surface area contributed by atoms with Crippen LogP contribution in [0.15, 0.2) is 42.6 Å². The first-order valence-electron chi connectivity index (χ1n) is 6.23. The Hall–Kier alpha value is -2.10. The summed E-state index contributed by atoms with van der Waals surface area (Å²) < 4.78 is 0. The molecule has 4 nitrogen and oxygen atoms in total. The molecule has 0 aliphatic rings. The van der Waals surface area contributed by atoms with Gasteiger partial charge in [0.15, 0.2) is 0 Å². The highest BCUT2D eigenvalue weighted by Gasteiger charge is 1.98. The Morgan fingerprint density at radius 2 is 1.89 bits per heavy atom. The molecule has 0 unspecified atom stereocenters. The predicted molar refractivity (Wildman–Crippen MR) is 74.6 cm³/mol. The van der Waals surface area contributed by atoms with Gasteiger partial charge in [0.1, 0.15) is 5.82 Å². The highest BCUT2D eigenvalue weighted by molar-refractivity contribution is 5.40. The van der Waals surface area contributed by atoms with Crippen LogP contribution in [0.2, 0.25) is 0 Å². The highest BCUT2D eigenvalue weighted by atomic mass is 15.1. The fraction of sp³-hybridized carbons (Fsp3) is 0.286. The SMILES string of the molecule is CCCNc1nccc(NCc2ccccc2)n1. The van der Waals surface area contributed by atoms with Crippen molar-refractivity contribution < 1.29 is 0 Å². The van der Waals surface area contributed by atoms with Crippen LogP contribution < -0.4 is 10.6 Å². The second-order valence-electron chi connectivity index (χ2n) is 4.03. The molecule has 2 N–H and O–H groups in total. The molecule has 0 bridgehead atoms. The summed E-state index contributed by atoms with van der Waals surface area (Å²) in [4.78, 5) is 8.56. The average Bonchev–Trinajstić information content (AvgIpc) is 2.44. The van der Waals surface area contributed by atoms with Gasteiger partial charge in [0, 0.05) is 19.3 Å². The average molecular weight is 242 g/mol. The minimum absolute atomic E-state index is 0.676. The summed E-state index contributed by atoms with van der Waals surface area (Å²) in [6, 6.07) is 12.1. The van der Waals surface area contributed by atoms with Crippen molar-refractivity contribution in [1.29, 1.82) is 0 Å². The molecule has 0 saturated heterocycles. The van der Waals surface area contributed by atoms with Gasteiger partial charge < -0.3 is 10.6 Å². The molecule has 0 atom stereocenters. The summed E-state index contributed by atoms with van der Waals surface area (Å²) in [5.74, 6) is 1.52. The number of anilines is 2. The van der Waals surface area contributed by atoms with Crippen LogP contribution in [0.1, 0.15) is 18.9 Å². The van der Waals surface area contributed by atoms with E-state index in [1.165, 1.54) is 5.56 Å². The normalized spacial score (nSPS) is 10.1. The van der Waals surface area contributed by atoms with E-state index in [1.807, 2.05) is 24.3 Å². The number of hydrogen-bond donors (Lipinski definition) is 2. The molecule has 0 spiro atoms. The topological polar surface area (TPSA) is 49.8 Å². The summed E-state index contributed by atoms with van der Waals surface area (Å²) >= 11 is 0. The summed E-state index contributed by atoms with van der Waals surface area (Å²) in [5, 5.41) is 6.46. The monoisotopic (exact) mass is 242 g/mol. The molecule has 1 heterocycles. The summed E-state index contributed by atoms with van der Waals surface area (Å²) in [6.45, 7) is 3.78. The van der Waals surface area contributed by atoms with Gasteiger partial charge in [0.2, 0.25) is 5.95 Å². The van der Waals surface area contributed by atoms with E-state index in [4.69, 9.17) is 0 Å². The van der Waals surface area contributed by atoms with Gasteiger partial charge in [-0.3, -0.25) is 0 Å². The van der Waals surface area contributed by atoms with Crippen molar-refractivity contribution in [3.63, 3.8) is 0 Å². The van der Waals surface area contributed by atoms with E-state index in [-0.39, 0.29) is 0 Å². The van der Waals surface area contributed by atoms with Crippen molar-refractivity contribution >= 4 is 11.8 Å². The summed E-state index contributed by atoms with van der Waals surface area (Å²) in [5.41, 5.74) is 1.24. The minimum atomic E-state index is 0.676. The quantitative estimate of drug-likeness (QED) is 0.817. The third-order valence-electron chi connectivity index (χ3n) is 2.51. The van der Waals surface area contributed by atoms with E-state index < -0.39 is 0 Å². The fourth-order valence-electron chi connectivity index (χ4n) is 1.57. The second kappa shape index (κ2) is 6.59. The molecule has 1 aromatic carbocycles. The van der Waals surface area contributed by atoms with Gasteiger partial charge in [0.05, 0.1) is 0 Å². The number of nitrogens with zero attached hydrogens (tertiary/aromatic N) is 2. The van der Waals surface area contributed by atoms with E-state index in [0.29, 0.717) is 5.95 Å². The van der Waals surface area contributed by atoms with Crippen molar-refractivity contribution in [2.45, 2.75) is 19.9 Å². The molecule has 18 heavy (non-hydrogen) atoms. The molecule has 0 radical (unpaired) electrons. The van der Waals surface area contributed by atoms with Gasteiger partial charge in [-0.2, -0.15) is 4.98 Å². The van der Waals surface area contributed by atoms with Gasteiger partial charge in [-0.05, 0) is 18.1 Å². The van der Waals surface area contributed by atoms with E-state index in [1.54, 1.807) is 6.20 Å². The molecule has 0 amide bonds. The zero-order chi connectivity index (χ0) is 12.6. The Bertz CT molecular complexity index is 470. The molecule has 2 aromatic rings. The Labute approximate surface area is 107 Å². The molecular weight excluding hydrogens is 224 g/mol. The third-order valence-corrected chi connectivity index (χ3v) is 2.51. The van der Waals surface area contributed by atoms with Crippen LogP contribution in [-0.4, -0.2) is 16.5 Å². The molecule has 4 heteroatoms. The molecule has 0 aliphatic heterocycles. The van der Waals surface area contributed by atoms with Crippen LogP contribution in [-0.2, 0) is 6.54 Å².